The van der Waals surface area contributed by atoms with Gasteiger partial charge < -0.3 is 9.47 Å². The van der Waals surface area contributed by atoms with E-state index in [0.717, 1.165) is 51.4 Å². The quantitative estimate of drug-likeness (QED) is 0.494. The fraction of sp³-hybridized carbons (Fsp3) is 0.800. The van der Waals surface area contributed by atoms with Gasteiger partial charge in [-0.25, -0.2) is 0 Å². The molecule has 0 bridgehead atoms. The molecule has 3 saturated carbocycles. The van der Waals surface area contributed by atoms with Crippen molar-refractivity contribution in [1.82, 2.24) is 0 Å². The SMILES string of the molecule is CC(=O)OCC(=O)[C@H]1CC[C@H]2[C@@H]3CC=C4C[C@@H](OC(C)=O)CC[C@]4(C)[C@H]3CC[C@]12C. The van der Waals surface area contributed by atoms with Crippen molar-refractivity contribution in [3.63, 3.8) is 0 Å². The monoisotopic (exact) mass is 416 g/mol. The maximum atomic E-state index is 12.9. The average molecular weight is 417 g/mol. The first-order chi connectivity index (χ1) is 14.1. The van der Waals surface area contributed by atoms with Crippen LogP contribution in [0, 0.1) is 34.5 Å². The number of carbonyl (C=O) groups excluding carboxylic acids is 3. The predicted octanol–water partition coefficient (Wildman–Crippen LogP) is 4.63. The molecule has 4 aliphatic carbocycles. The number of hydrogen-bond acceptors (Lipinski definition) is 5. The Morgan fingerprint density at radius 3 is 2.47 bits per heavy atom. The molecule has 0 aromatic carbocycles. The van der Waals surface area contributed by atoms with Crippen molar-refractivity contribution in [2.24, 2.45) is 34.5 Å². The maximum absolute atomic E-state index is 12.9. The van der Waals surface area contributed by atoms with E-state index in [4.69, 9.17) is 9.47 Å². The van der Waals surface area contributed by atoms with Crippen LogP contribution >= 0.6 is 0 Å². The summed E-state index contributed by atoms with van der Waals surface area (Å²) in [5, 5.41) is 0. The second kappa shape index (κ2) is 7.80. The van der Waals surface area contributed by atoms with E-state index in [1.165, 1.54) is 19.4 Å². The van der Waals surface area contributed by atoms with Crippen molar-refractivity contribution in [1.29, 1.82) is 0 Å². The Morgan fingerprint density at radius 1 is 1.00 bits per heavy atom. The third-order valence-electron chi connectivity index (χ3n) is 9.20. The third kappa shape index (κ3) is 3.52. The Labute approximate surface area is 179 Å². The van der Waals surface area contributed by atoms with Gasteiger partial charge in [0.15, 0.2) is 5.78 Å². The molecule has 30 heavy (non-hydrogen) atoms. The molecule has 0 saturated heterocycles. The van der Waals surface area contributed by atoms with Crippen LogP contribution in [0.2, 0.25) is 0 Å². The number of carbonyl (C=O) groups is 3. The molecule has 166 valence electrons. The van der Waals surface area contributed by atoms with Gasteiger partial charge in [0, 0.05) is 26.2 Å². The molecular formula is C25H36O5. The number of ketones is 1. The highest BCUT2D eigenvalue weighted by Gasteiger charge is 2.59. The number of rotatable bonds is 4. The van der Waals surface area contributed by atoms with E-state index >= 15 is 0 Å². The Balaban J connectivity index is 1.51. The van der Waals surface area contributed by atoms with Gasteiger partial charge >= 0.3 is 11.9 Å². The Bertz CT molecular complexity index is 770. The second-order valence-corrected chi connectivity index (χ2v) is 10.7. The molecule has 5 heteroatoms. The summed E-state index contributed by atoms with van der Waals surface area (Å²) >= 11 is 0. The highest BCUT2D eigenvalue weighted by atomic mass is 16.5. The summed E-state index contributed by atoms with van der Waals surface area (Å²) in [6.07, 6.45) is 10.7. The minimum Gasteiger partial charge on any atom is -0.462 e. The second-order valence-electron chi connectivity index (χ2n) is 10.7. The molecule has 0 amide bonds. The van der Waals surface area contributed by atoms with Gasteiger partial charge in [-0.3, -0.25) is 14.4 Å². The molecule has 0 aromatic rings. The van der Waals surface area contributed by atoms with E-state index in [1.807, 2.05) is 0 Å². The minimum atomic E-state index is -0.381. The van der Waals surface area contributed by atoms with Crippen LogP contribution < -0.4 is 0 Å². The lowest BCUT2D eigenvalue weighted by Crippen LogP contribution is -2.51. The molecule has 0 aliphatic heterocycles. The highest BCUT2D eigenvalue weighted by molar-refractivity contribution is 5.85. The highest BCUT2D eigenvalue weighted by Crippen LogP contribution is 2.66. The molecule has 0 unspecified atom stereocenters. The van der Waals surface area contributed by atoms with Gasteiger partial charge in [-0.05, 0) is 73.5 Å². The molecule has 7 atom stereocenters. The molecule has 4 rings (SSSR count). The van der Waals surface area contributed by atoms with E-state index in [9.17, 15) is 14.4 Å². The number of fused-ring (bicyclic) bond motifs is 5. The summed E-state index contributed by atoms with van der Waals surface area (Å²) in [5.41, 5.74) is 1.71. The van der Waals surface area contributed by atoms with Crippen LogP contribution in [-0.4, -0.2) is 30.4 Å². The van der Waals surface area contributed by atoms with Crippen LogP contribution in [0.25, 0.3) is 0 Å². The number of hydrogen-bond donors (Lipinski definition) is 0. The third-order valence-corrected chi connectivity index (χ3v) is 9.20. The molecule has 0 spiro atoms. The van der Waals surface area contributed by atoms with E-state index in [1.54, 1.807) is 0 Å². The fourth-order valence-corrected chi connectivity index (χ4v) is 7.77. The first-order valence-electron chi connectivity index (χ1n) is 11.7. The van der Waals surface area contributed by atoms with E-state index in [2.05, 4.69) is 19.9 Å². The number of Topliss-reactive ketones (excluding diaryl/α,β-unsaturated/α-hetero) is 1. The zero-order chi connectivity index (χ0) is 21.7. The summed E-state index contributed by atoms with van der Waals surface area (Å²) < 4.78 is 10.6. The topological polar surface area (TPSA) is 69.7 Å². The molecule has 0 heterocycles. The average Bonchev–Trinajstić information content (AvgIpc) is 3.03. The Morgan fingerprint density at radius 2 is 1.77 bits per heavy atom. The molecule has 5 nitrogen and oxygen atoms in total. The maximum Gasteiger partial charge on any atom is 0.303 e. The summed E-state index contributed by atoms with van der Waals surface area (Å²) in [6, 6.07) is 0. The van der Waals surface area contributed by atoms with E-state index < -0.39 is 0 Å². The van der Waals surface area contributed by atoms with Crippen LogP contribution in [0.15, 0.2) is 11.6 Å². The van der Waals surface area contributed by atoms with Crippen molar-refractivity contribution in [2.45, 2.75) is 85.2 Å². The van der Waals surface area contributed by atoms with Crippen molar-refractivity contribution < 1.29 is 23.9 Å². The summed E-state index contributed by atoms with van der Waals surface area (Å²) in [6.45, 7) is 7.54. The van der Waals surface area contributed by atoms with Gasteiger partial charge in [-0.15, -0.1) is 0 Å². The predicted molar refractivity (Wildman–Crippen MR) is 112 cm³/mol. The van der Waals surface area contributed by atoms with Crippen LogP contribution in [0.3, 0.4) is 0 Å². The van der Waals surface area contributed by atoms with Gasteiger partial charge in [-0.1, -0.05) is 25.5 Å². The summed E-state index contributed by atoms with van der Waals surface area (Å²) in [4.78, 5) is 35.4. The van der Waals surface area contributed by atoms with Crippen molar-refractivity contribution in [3.8, 4) is 0 Å². The van der Waals surface area contributed by atoms with Crippen molar-refractivity contribution >= 4 is 17.7 Å². The molecule has 4 aliphatic rings. The lowest BCUT2D eigenvalue weighted by Gasteiger charge is -2.58. The van der Waals surface area contributed by atoms with Gasteiger partial charge in [0.05, 0.1) is 0 Å². The normalized spacial score (nSPS) is 42.3. The van der Waals surface area contributed by atoms with Gasteiger partial charge in [0.1, 0.15) is 12.7 Å². The van der Waals surface area contributed by atoms with Gasteiger partial charge in [-0.2, -0.15) is 0 Å². The fourth-order valence-electron chi connectivity index (χ4n) is 7.77. The summed E-state index contributed by atoms with van der Waals surface area (Å²) in [5.74, 6) is 1.39. The lowest BCUT2D eigenvalue weighted by molar-refractivity contribution is -0.150. The first-order valence-corrected chi connectivity index (χ1v) is 11.7. The number of esters is 2. The number of allylic oxidation sites excluding steroid dienone is 1. The van der Waals surface area contributed by atoms with Crippen LogP contribution in [-0.2, 0) is 23.9 Å². The van der Waals surface area contributed by atoms with Crippen molar-refractivity contribution in [2.75, 3.05) is 6.61 Å². The zero-order valence-corrected chi connectivity index (χ0v) is 18.9. The lowest BCUT2D eigenvalue weighted by atomic mass is 9.47. The number of ether oxygens (including phenoxy) is 2. The molecule has 0 N–H and O–H groups in total. The Kier molecular flexibility index (Phi) is 5.61. The van der Waals surface area contributed by atoms with Crippen LogP contribution in [0.4, 0.5) is 0 Å². The molecule has 3 fully saturated rings. The van der Waals surface area contributed by atoms with Crippen LogP contribution in [0.5, 0.6) is 0 Å². The largest absolute Gasteiger partial charge is 0.462 e. The van der Waals surface area contributed by atoms with Crippen molar-refractivity contribution in [3.05, 3.63) is 11.6 Å². The molecule has 0 aromatic heterocycles. The zero-order valence-electron chi connectivity index (χ0n) is 18.9. The smallest absolute Gasteiger partial charge is 0.303 e. The molecular weight excluding hydrogens is 380 g/mol. The van der Waals surface area contributed by atoms with Crippen LogP contribution in [0.1, 0.15) is 79.1 Å². The Hall–Kier alpha value is -1.65. The van der Waals surface area contributed by atoms with E-state index in [-0.39, 0.29) is 47.2 Å². The first kappa shape index (κ1) is 21.6. The standard InChI is InChI=1S/C25H36O5/c1-15(26)29-14-23(28)22-8-7-20-19-6-5-17-13-18(30-16(2)27)9-11-24(17,3)21(19)10-12-25(20,22)4/h5,18-22H,6-14H2,1-4H3/t18-,19-,20-,21-,22+,24-,25-/m0/s1. The minimum absolute atomic E-state index is 0.0145. The molecule has 0 radical (unpaired) electrons. The summed E-state index contributed by atoms with van der Waals surface area (Å²) in [7, 11) is 0. The van der Waals surface area contributed by atoms with Gasteiger partial charge in [0.25, 0.3) is 0 Å². The van der Waals surface area contributed by atoms with Gasteiger partial charge in [0.2, 0.25) is 0 Å². The van der Waals surface area contributed by atoms with E-state index in [0.29, 0.717) is 17.8 Å².